The number of nitrogens with zero attached hydrogens (tertiary/aromatic N) is 1. The van der Waals surface area contributed by atoms with Gasteiger partial charge in [0, 0.05) is 16.3 Å². The van der Waals surface area contributed by atoms with Gasteiger partial charge in [-0.05, 0) is 60.2 Å². The number of rotatable bonds is 2. The number of para-hydroxylation sites is 2. The molecule has 3 aromatic carbocycles. The topological polar surface area (TPSA) is 44.6 Å². The Labute approximate surface area is 150 Å². The molecule has 2 N–H and O–H groups in total. The van der Waals surface area contributed by atoms with Crippen LogP contribution in [-0.4, -0.2) is 10.8 Å². The number of allylic oxidation sites excluding steroid dienone is 1. The number of aliphatic imine (C=N–C) groups is 1. The molecule has 0 atom stereocenters. The van der Waals surface area contributed by atoms with Gasteiger partial charge in [0.2, 0.25) is 0 Å². The zero-order valence-electron chi connectivity index (χ0n) is 13.3. The maximum absolute atomic E-state index is 9.54. The van der Waals surface area contributed by atoms with Crippen molar-refractivity contribution in [2.75, 3.05) is 5.32 Å². The van der Waals surface area contributed by atoms with E-state index < -0.39 is 0 Å². The van der Waals surface area contributed by atoms with Crippen molar-refractivity contribution in [1.29, 1.82) is 0 Å². The Balaban J connectivity index is 1.86. The fourth-order valence-corrected chi connectivity index (χ4v) is 2.85. The summed E-state index contributed by atoms with van der Waals surface area (Å²) >= 11 is 6.02. The summed E-state index contributed by atoms with van der Waals surface area (Å²) in [6, 6.07) is 22.7. The molecule has 1 aliphatic heterocycles. The number of hydrogen-bond donors (Lipinski definition) is 2. The van der Waals surface area contributed by atoms with E-state index in [2.05, 4.69) is 5.32 Å². The molecule has 0 aromatic heterocycles. The van der Waals surface area contributed by atoms with E-state index in [9.17, 15) is 5.11 Å². The van der Waals surface area contributed by atoms with Crippen LogP contribution in [0.3, 0.4) is 0 Å². The Morgan fingerprint density at radius 1 is 0.800 bits per heavy atom. The van der Waals surface area contributed by atoms with Crippen LogP contribution in [0.15, 0.2) is 83.9 Å². The van der Waals surface area contributed by atoms with Crippen LogP contribution in [0.5, 0.6) is 5.75 Å². The Kier molecular flexibility index (Phi) is 4.00. The van der Waals surface area contributed by atoms with Crippen LogP contribution >= 0.6 is 11.6 Å². The van der Waals surface area contributed by atoms with Gasteiger partial charge in [0.15, 0.2) is 0 Å². The molecule has 0 saturated carbocycles. The highest BCUT2D eigenvalue weighted by Crippen LogP contribution is 2.32. The average molecular weight is 347 g/mol. The van der Waals surface area contributed by atoms with Crippen molar-refractivity contribution in [3.8, 4) is 5.75 Å². The number of hydrogen-bond acceptors (Lipinski definition) is 3. The Bertz CT molecular complexity index is 974. The standard InChI is InChI=1S/C21H15ClN2O/c22-16-9-5-14(6-10-16)20-13-21(15-7-11-17(25)12-8-15)24-19-4-2-1-3-18(19)23-20/h1-13,23,25H. The summed E-state index contributed by atoms with van der Waals surface area (Å²) in [5.41, 5.74) is 5.52. The van der Waals surface area contributed by atoms with Crippen LogP contribution in [0, 0.1) is 0 Å². The second-order valence-electron chi connectivity index (χ2n) is 5.75. The number of halogens is 1. The first-order valence-corrected chi connectivity index (χ1v) is 8.29. The summed E-state index contributed by atoms with van der Waals surface area (Å²) in [6.07, 6.45) is 2.01. The summed E-state index contributed by atoms with van der Waals surface area (Å²) in [6.45, 7) is 0. The summed E-state index contributed by atoms with van der Waals surface area (Å²) in [7, 11) is 0. The lowest BCUT2D eigenvalue weighted by molar-refractivity contribution is 0.475. The third-order valence-electron chi connectivity index (χ3n) is 4.01. The molecule has 0 aliphatic carbocycles. The predicted molar refractivity (Wildman–Crippen MR) is 104 cm³/mol. The maximum atomic E-state index is 9.54. The fourth-order valence-electron chi connectivity index (χ4n) is 2.72. The van der Waals surface area contributed by atoms with Crippen LogP contribution in [0.4, 0.5) is 11.4 Å². The quantitative estimate of drug-likeness (QED) is 0.631. The first-order valence-electron chi connectivity index (χ1n) is 7.91. The molecular formula is C21H15ClN2O. The number of anilines is 1. The number of phenols is 1. The summed E-state index contributed by atoms with van der Waals surface area (Å²) in [4.78, 5) is 4.80. The van der Waals surface area contributed by atoms with E-state index in [1.54, 1.807) is 12.1 Å². The number of fused-ring (bicyclic) bond motifs is 1. The van der Waals surface area contributed by atoms with Gasteiger partial charge >= 0.3 is 0 Å². The monoisotopic (exact) mass is 346 g/mol. The largest absolute Gasteiger partial charge is 0.508 e. The van der Waals surface area contributed by atoms with Gasteiger partial charge in [0.05, 0.1) is 17.1 Å². The first kappa shape index (κ1) is 15.5. The van der Waals surface area contributed by atoms with Crippen molar-refractivity contribution in [3.63, 3.8) is 0 Å². The van der Waals surface area contributed by atoms with Crippen molar-refractivity contribution in [1.82, 2.24) is 0 Å². The van der Waals surface area contributed by atoms with Crippen LogP contribution in [0.2, 0.25) is 5.02 Å². The van der Waals surface area contributed by atoms with Crippen molar-refractivity contribution < 1.29 is 5.11 Å². The van der Waals surface area contributed by atoms with Gasteiger partial charge in [0.1, 0.15) is 5.75 Å². The average Bonchev–Trinajstić information content (AvgIpc) is 2.82. The molecule has 0 fully saturated rings. The van der Waals surface area contributed by atoms with Crippen LogP contribution in [0.25, 0.3) is 5.70 Å². The number of benzene rings is 3. The number of nitrogens with one attached hydrogen (secondary N) is 1. The van der Waals surface area contributed by atoms with E-state index in [4.69, 9.17) is 16.6 Å². The highest BCUT2D eigenvalue weighted by Gasteiger charge is 2.13. The zero-order chi connectivity index (χ0) is 17.2. The predicted octanol–water partition coefficient (Wildman–Crippen LogP) is 5.63. The SMILES string of the molecule is Oc1ccc(C2=Nc3ccccc3NC(c3ccc(Cl)cc3)=C2)cc1. The molecule has 1 aliphatic rings. The molecule has 3 nitrogen and oxygen atoms in total. The number of phenolic OH excluding ortho intramolecular Hbond substituents is 1. The van der Waals surface area contributed by atoms with Crippen LogP contribution in [0.1, 0.15) is 11.1 Å². The third-order valence-corrected chi connectivity index (χ3v) is 4.27. The van der Waals surface area contributed by atoms with Gasteiger partial charge in [-0.15, -0.1) is 0 Å². The lowest BCUT2D eigenvalue weighted by Crippen LogP contribution is -2.01. The van der Waals surface area contributed by atoms with Gasteiger partial charge in [-0.3, -0.25) is 0 Å². The van der Waals surface area contributed by atoms with Gasteiger partial charge in [-0.1, -0.05) is 35.9 Å². The molecule has 4 rings (SSSR count). The summed E-state index contributed by atoms with van der Waals surface area (Å²) < 4.78 is 0. The molecule has 0 radical (unpaired) electrons. The van der Waals surface area contributed by atoms with E-state index >= 15 is 0 Å². The lowest BCUT2D eigenvalue weighted by Gasteiger charge is -2.11. The van der Waals surface area contributed by atoms with E-state index in [-0.39, 0.29) is 5.75 Å². The molecule has 1 heterocycles. The minimum absolute atomic E-state index is 0.235. The van der Waals surface area contributed by atoms with E-state index in [1.807, 2.05) is 66.7 Å². The molecular weight excluding hydrogens is 332 g/mol. The molecule has 0 unspecified atom stereocenters. The van der Waals surface area contributed by atoms with Crippen molar-refractivity contribution in [3.05, 3.63) is 95.0 Å². The molecule has 0 saturated heterocycles. The highest BCUT2D eigenvalue weighted by atomic mass is 35.5. The van der Waals surface area contributed by atoms with Crippen molar-refractivity contribution in [2.45, 2.75) is 0 Å². The maximum Gasteiger partial charge on any atom is 0.115 e. The third kappa shape index (κ3) is 3.28. The zero-order valence-corrected chi connectivity index (χ0v) is 14.0. The van der Waals surface area contributed by atoms with Crippen molar-refractivity contribution >= 4 is 34.4 Å². The van der Waals surface area contributed by atoms with Gasteiger partial charge in [-0.25, -0.2) is 4.99 Å². The normalized spacial score (nSPS) is 13.2. The van der Waals surface area contributed by atoms with Gasteiger partial charge in [0.25, 0.3) is 0 Å². The molecule has 0 amide bonds. The number of aromatic hydroxyl groups is 1. The Morgan fingerprint density at radius 2 is 1.48 bits per heavy atom. The molecule has 4 heteroatoms. The first-order chi connectivity index (χ1) is 12.2. The lowest BCUT2D eigenvalue weighted by atomic mass is 10.1. The smallest absolute Gasteiger partial charge is 0.115 e. The second-order valence-corrected chi connectivity index (χ2v) is 6.19. The van der Waals surface area contributed by atoms with Crippen molar-refractivity contribution in [2.24, 2.45) is 4.99 Å². The summed E-state index contributed by atoms with van der Waals surface area (Å²) in [5.74, 6) is 0.235. The minimum atomic E-state index is 0.235. The fraction of sp³-hybridized carbons (Fsp3) is 0. The van der Waals surface area contributed by atoms with Gasteiger partial charge < -0.3 is 10.4 Å². The molecule has 3 aromatic rings. The molecule has 25 heavy (non-hydrogen) atoms. The Morgan fingerprint density at radius 3 is 2.24 bits per heavy atom. The Hall–Kier alpha value is -3.04. The van der Waals surface area contributed by atoms with E-state index in [0.717, 1.165) is 33.9 Å². The van der Waals surface area contributed by atoms with E-state index in [0.29, 0.717) is 5.02 Å². The second kappa shape index (κ2) is 6.46. The molecule has 0 bridgehead atoms. The highest BCUT2D eigenvalue weighted by molar-refractivity contribution is 6.30. The minimum Gasteiger partial charge on any atom is -0.508 e. The van der Waals surface area contributed by atoms with Crippen LogP contribution in [-0.2, 0) is 0 Å². The summed E-state index contributed by atoms with van der Waals surface area (Å²) in [5, 5.41) is 13.7. The molecule has 122 valence electrons. The van der Waals surface area contributed by atoms with Gasteiger partial charge in [-0.2, -0.15) is 0 Å². The van der Waals surface area contributed by atoms with Crippen LogP contribution < -0.4 is 5.32 Å². The van der Waals surface area contributed by atoms with E-state index in [1.165, 1.54) is 0 Å². The molecule has 0 spiro atoms.